The van der Waals surface area contributed by atoms with Gasteiger partial charge in [0.15, 0.2) is 0 Å². The van der Waals surface area contributed by atoms with Gasteiger partial charge in [-0.1, -0.05) is 25.5 Å². The maximum Gasteiger partial charge on any atom is 0.248 e. The highest BCUT2D eigenvalue weighted by atomic mass is 16.5. The van der Waals surface area contributed by atoms with Crippen LogP contribution < -0.4 is 9.64 Å². The van der Waals surface area contributed by atoms with Gasteiger partial charge in [-0.05, 0) is 75.0 Å². The molecule has 0 saturated carbocycles. The summed E-state index contributed by atoms with van der Waals surface area (Å²) in [5.41, 5.74) is 3.22. The lowest BCUT2D eigenvalue weighted by molar-refractivity contribution is 0.309. The monoisotopic (exact) mass is 432 g/mol. The second-order valence-electron chi connectivity index (χ2n) is 8.45. The van der Waals surface area contributed by atoms with Gasteiger partial charge in [0.05, 0.1) is 6.61 Å². The van der Waals surface area contributed by atoms with Crippen LogP contribution in [0.15, 0.2) is 52.9 Å². The number of nitrogens with zero attached hydrogens (tertiary/aromatic N) is 4. The standard InChI is InChI=1S/C26H32N4O2/c1-4-5-18-31-24-13-6-20(7-14-24)8-15-25-27-28-26(32-25)21-9-11-22(12-10-21)30-17-16-23(19-30)29(2)3/h6-15,23H,4-5,16-19H2,1-3H3/b15-8+. The maximum absolute atomic E-state index is 5.84. The van der Waals surface area contributed by atoms with Crippen molar-refractivity contribution in [2.75, 3.05) is 38.7 Å². The largest absolute Gasteiger partial charge is 0.494 e. The zero-order valence-electron chi connectivity index (χ0n) is 19.2. The average molecular weight is 433 g/mol. The van der Waals surface area contributed by atoms with Crippen molar-refractivity contribution < 1.29 is 9.15 Å². The summed E-state index contributed by atoms with van der Waals surface area (Å²) in [5, 5.41) is 8.37. The van der Waals surface area contributed by atoms with Gasteiger partial charge in [-0.3, -0.25) is 0 Å². The Morgan fingerprint density at radius 1 is 1.06 bits per heavy atom. The molecule has 168 valence electrons. The van der Waals surface area contributed by atoms with Gasteiger partial charge in [-0.25, -0.2) is 0 Å². The fourth-order valence-electron chi connectivity index (χ4n) is 3.81. The second-order valence-corrected chi connectivity index (χ2v) is 8.45. The topological polar surface area (TPSA) is 54.6 Å². The first kappa shape index (κ1) is 22.1. The van der Waals surface area contributed by atoms with Crippen molar-refractivity contribution in [2.45, 2.75) is 32.2 Å². The molecule has 2 aromatic carbocycles. The summed E-state index contributed by atoms with van der Waals surface area (Å²) in [4.78, 5) is 4.73. The molecule has 1 aliphatic heterocycles. The SMILES string of the molecule is CCCCOc1ccc(/C=C/c2nnc(-c3ccc(N4CCC(N(C)C)C4)cc3)o2)cc1. The van der Waals surface area contributed by atoms with Crippen LogP contribution in [0.5, 0.6) is 5.75 Å². The summed E-state index contributed by atoms with van der Waals surface area (Å²) < 4.78 is 11.5. The van der Waals surface area contributed by atoms with Gasteiger partial charge in [0.25, 0.3) is 0 Å². The van der Waals surface area contributed by atoms with Crippen LogP contribution in [-0.4, -0.2) is 54.9 Å². The smallest absolute Gasteiger partial charge is 0.248 e. The van der Waals surface area contributed by atoms with Crippen LogP contribution in [0.1, 0.15) is 37.6 Å². The summed E-state index contributed by atoms with van der Waals surface area (Å²) in [7, 11) is 4.30. The van der Waals surface area contributed by atoms with E-state index in [2.05, 4.69) is 65.3 Å². The Kier molecular flexibility index (Phi) is 7.22. The van der Waals surface area contributed by atoms with Crippen molar-refractivity contribution >= 4 is 17.8 Å². The molecule has 0 radical (unpaired) electrons. The van der Waals surface area contributed by atoms with E-state index < -0.39 is 0 Å². The highest BCUT2D eigenvalue weighted by Crippen LogP contribution is 2.26. The summed E-state index contributed by atoms with van der Waals surface area (Å²) in [6.07, 6.45) is 7.20. The van der Waals surface area contributed by atoms with Gasteiger partial charge in [0, 0.05) is 36.5 Å². The molecule has 2 heterocycles. The Balaban J connectivity index is 1.35. The van der Waals surface area contributed by atoms with Crippen molar-refractivity contribution in [1.82, 2.24) is 15.1 Å². The average Bonchev–Trinajstić information content (AvgIpc) is 3.49. The van der Waals surface area contributed by atoms with Gasteiger partial charge >= 0.3 is 0 Å². The number of hydrogen-bond donors (Lipinski definition) is 0. The number of hydrogen-bond acceptors (Lipinski definition) is 6. The number of unbranched alkanes of at least 4 members (excludes halogenated alkanes) is 1. The number of aromatic nitrogens is 2. The minimum atomic E-state index is 0.487. The molecule has 1 fully saturated rings. The molecule has 0 aliphatic carbocycles. The van der Waals surface area contributed by atoms with Gasteiger partial charge in [0.1, 0.15) is 5.75 Å². The zero-order chi connectivity index (χ0) is 22.3. The van der Waals surface area contributed by atoms with Crippen molar-refractivity contribution in [3.63, 3.8) is 0 Å². The quantitative estimate of drug-likeness (QED) is 0.432. The van der Waals surface area contributed by atoms with Crippen LogP contribution in [0.2, 0.25) is 0 Å². The third-order valence-corrected chi connectivity index (χ3v) is 5.88. The molecule has 0 N–H and O–H groups in total. The molecule has 0 amide bonds. The van der Waals surface area contributed by atoms with Gasteiger partial charge in [0.2, 0.25) is 11.8 Å². The molecule has 3 aromatic rings. The normalized spacial score (nSPS) is 16.4. The Hall–Kier alpha value is -3.12. The third-order valence-electron chi connectivity index (χ3n) is 5.88. The fourth-order valence-corrected chi connectivity index (χ4v) is 3.81. The third kappa shape index (κ3) is 5.56. The van der Waals surface area contributed by atoms with E-state index in [0.29, 0.717) is 17.8 Å². The molecule has 1 aliphatic rings. The van der Waals surface area contributed by atoms with Crippen LogP contribution in [0.4, 0.5) is 5.69 Å². The number of likely N-dealkylation sites (N-methyl/N-ethyl adjacent to an activating group) is 1. The van der Waals surface area contributed by atoms with E-state index >= 15 is 0 Å². The van der Waals surface area contributed by atoms with E-state index in [9.17, 15) is 0 Å². The highest BCUT2D eigenvalue weighted by molar-refractivity contribution is 5.67. The molecule has 1 saturated heterocycles. The first-order valence-corrected chi connectivity index (χ1v) is 11.4. The predicted molar refractivity (Wildman–Crippen MR) is 130 cm³/mol. The van der Waals surface area contributed by atoms with Crippen LogP contribution in [0.3, 0.4) is 0 Å². The van der Waals surface area contributed by atoms with Gasteiger partial charge < -0.3 is 19.0 Å². The summed E-state index contributed by atoms with van der Waals surface area (Å²) in [6, 6.07) is 17.0. The lowest BCUT2D eigenvalue weighted by Gasteiger charge is -2.21. The first-order chi connectivity index (χ1) is 15.6. The van der Waals surface area contributed by atoms with E-state index in [1.165, 1.54) is 12.1 Å². The molecular weight excluding hydrogens is 400 g/mol. The highest BCUT2D eigenvalue weighted by Gasteiger charge is 2.24. The second kappa shape index (κ2) is 10.5. The van der Waals surface area contributed by atoms with E-state index in [-0.39, 0.29) is 0 Å². The molecule has 6 nitrogen and oxygen atoms in total. The minimum Gasteiger partial charge on any atom is -0.494 e. The zero-order valence-corrected chi connectivity index (χ0v) is 19.2. The van der Waals surface area contributed by atoms with Crippen molar-refractivity contribution in [3.05, 3.63) is 60.0 Å². The Labute approximate surface area is 190 Å². The number of ether oxygens (including phenoxy) is 1. The first-order valence-electron chi connectivity index (χ1n) is 11.4. The molecule has 32 heavy (non-hydrogen) atoms. The number of anilines is 1. The molecule has 4 rings (SSSR count). The Morgan fingerprint density at radius 2 is 1.84 bits per heavy atom. The molecule has 1 atom stereocenters. The lowest BCUT2D eigenvalue weighted by Crippen LogP contribution is -2.31. The maximum atomic E-state index is 5.84. The number of benzene rings is 2. The lowest BCUT2D eigenvalue weighted by atomic mass is 10.2. The molecule has 0 bridgehead atoms. The summed E-state index contributed by atoms with van der Waals surface area (Å²) in [6.45, 7) is 5.06. The van der Waals surface area contributed by atoms with Gasteiger partial charge in [-0.2, -0.15) is 0 Å². The van der Waals surface area contributed by atoms with Crippen molar-refractivity contribution in [1.29, 1.82) is 0 Å². The van der Waals surface area contributed by atoms with Crippen LogP contribution in [-0.2, 0) is 0 Å². The van der Waals surface area contributed by atoms with Crippen LogP contribution in [0.25, 0.3) is 23.6 Å². The van der Waals surface area contributed by atoms with E-state index in [0.717, 1.165) is 49.4 Å². The van der Waals surface area contributed by atoms with Crippen LogP contribution in [0, 0.1) is 0 Å². The van der Waals surface area contributed by atoms with Crippen molar-refractivity contribution in [3.8, 4) is 17.2 Å². The van der Waals surface area contributed by atoms with Crippen LogP contribution >= 0.6 is 0 Å². The van der Waals surface area contributed by atoms with Gasteiger partial charge in [-0.15, -0.1) is 10.2 Å². The Bertz CT molecular complexity index is 1010. The molecule has 1 aromatic heterocycles. The van der Waals surface area contributed by atoms with Crippen molar-refractivity contribution in [2.24, 2.45) is 0 Å². The number of rotatable bonds is 9. The minimum absolute atomic E-state index is 0.487. The Morgan fingerprint density at radius 3 is 2.53 bits per heavy atom. The molecule has 6 heteroatoms. The summed E-state index contributed by atoms with van der Waals surface area (Å²) >= 11 is 0. The van der Waals surface area contributed by atoms with E-state index in [1.54, 1.807) is 0 Å². The summed E-state index contributed by atoms with van der Waals surface area (Å²) in [5.74, 6) is 1.91. The van der Waals surface area contributed by atoms with E-state index in [1.807, 2.05) is 36.4 Å². The predicted octanol–water partition coefficient (Wildman–Crippen LogP) is 5.23. The fraction of sp³-hybridized carbons (Fsp3) is 0.385. The molecule has 0 spiro atoms. The molecular formula is C26H32N4O2. The van der Waals surface area contributed by atoms with E-state index in [4.69, 9.17) is 9.15 Å². The molecule has 1 unspecified atom stereocenters.